The third-order valence-electron chi connectivity index (χ3n) is 3.37. The molecule has 1 aliphatic heterocycles. The predicted molar refractivity (Wildman–Crippen MR) is 94.9 cm³/mol. The Hall–Kier alpha value is -2.02. The van der Waals surface area contributed by atoms with Crippen LogP contribution in [0.25, 0.3) is 11.6 Å². The number of phenolic OH excluding ortho intramolecular Hbond substituents is 1. The number of para-hydroxylation sites is 1. The molecule has 0 aromatic heterocycles. The summed E-state index contributed by atoms with van der Waals surface area (Å²) in [6, 6.07) is 11.1. The fraction of sp³-hybridized carbons (Fsp3) is 0.118. The Morgan fingerprint density at radius 3 is 2.86 bits per heavy atom. The van der Waals surface area contributed by atoms with E-state index in [-0.39, 0.29) is 11.7 Å². The molecule has 0 saturated heterocycles. The zero-order valence-corrected chi connectivity index (χ0v) is 14.0. The van der Waals surface area contributed by atoms with Crippen LogP contribution >= 0.6 is 22.6 Å². The molecule has 0 aliphatic carbocycles. The van der Waals surface area contributed by atoms with Crippen LogP contribution in [0.1, 0.15) is 18.1 Å². The second-order valence-corrected chi connectivity index (χ2v) is 6.00. The highest BCUT2D eigenvalue weighted by molar-refractivity contribution is 14.1. The number of carbonyl (C=O) groups excluding carboxylic acids is 1. The van der Waals surface area contributed by atoms with Gasteiger partial charge in [-0.15, -0.1) is 0 Å². The molecule has 1 aliphatic rings. The van der Waals surface area contributed by atoms with Crippen molar-refractivity contribution in [3.63, 3.8) is 0 Å². The van der Waals surface area contributed by atoms with Crippen LogP contribution in [-0.4, -0.2) is 17.6 Å². The fourth-order valence-electron chi connectivity index (χ4n) is 2.39. The van der Waals surface area contributed by atoms with Gasteiger partial charge in [0.15, 0.2) is 11.5 Å². The number of nitrogens with one attached hydrogen (secondary N) is 1. The monoisotopic (exact) mass is 407 g/mol. The van der Waals surface area contributed by atoms with Gasteiger partial charge in [-0.25, -0.2) is 0 Å². The molecular formula is C17H14INO3. The van der Waals surface area contributed by atoms with Crippen LogP contribution in [-0.2, 0) is 4.79 Å². The number of rotatable bonds is 3. The average molecular weight is 407 g/mol. The number of hydrogen-bond donors (Lipinski definition) is 2. The molecule has 2 N–H and O–H groups in total. The van der Waals surface area contributed by atoms with E-state index in [1.165, 1.54) is 0 Å². The van der Waals surface area contributed by atoms with E-state index < -0.39 is 0 Å². The quantitative estimate of drug-likeness (QED) is 0.600. The first-order valence-corrected chi connectivity index (χ1v) is 7.95. The van der Waals surface area contributed by atoms with Crippen LogP contribution in [0.15, 0.2) is 36.4 Å². The van der Waals surface area contributed by atoms with Gasteiger partial charge in [0.05, 0.1) is 10.2 Å². The van der Waals surface area contributed by atoms with E-state index in [4.69, 9.17) is 4.74 Å². The minimum absolute atomic E-state index is 0.123. The largest absolute Gasteiger partial charge is 0.504 e. The number of carbonyl (C=O) groups is 1. The Kier molecular flexibility index (Phi) is 4.06. The van der Waals surface area contributed by atoms with Gasteiger partial charge in [-0.3, -0.25) is 4.79 Å². The molecule has 3 rings (SSSR count). The van der Waals surface area contributed by atoms with E-state index in [0.29, 0.717) is 21.5 Å². The molecule has 1 heterocycles. The Morgan fingerprint density at radius 1 is 1.32 bits per heavy atom. The highest BCUT2D eigenvalue weighted by Crippen LogP contribution is 2.36. The minimum atomic E-state index is -0.123. The molecule has 0 bridgehead atoms. The normalized spacial score (nSPS) is 14.8. The van der Waals surface area contributed by atoms with Gasteiger partial charge in [-0.1, -0.05) is 18.2 Å². The molecule has 22 heavy (non-hydrogen) atoms. The Labute approximate surface area is 141 Å². The number of phenols is 1. The van der Waals surface area contributed by atoms with Crippen molar-refractivity contribution < 1.29 is 14.6 Å². The van der Waals surface area contributed by atoms with Crippen molar-refractivity contribution in [3.8, 4) is 11.5 Å². The van der Waals surface area contributed by atoms with E-state index in [0.717, 1.165) is 16.8 Å². The van der Waals surface area contributed by atoms with E-state index in [9.17, 15) is 9.90 Å². The SMILES string of the molecule is CCOc1cc(/C=C2\C(=O)Nc3ccccc32)cc(I)c1O. The number of aromatic hydroxyl groups is 1. The number of fused-ring (bicyclic) bond motifs is 1. The van der Waals surface area contributed by atoms with Gasteiger partial charge < -0.3 is 15.2 Å². The third-order valence-corrected chi connectivity index (χ3v) is 4.19. The van der Waals surface area contributed by atoms with Crippen molar-refractivity contribution in [3.05, 3.63) is 51.1 Å². The smallest absolute Gasteiger partial charge is 0.256 e. The molecule has 2 aromatic rings. The van der Waals surface area contributed by atoms with Crippen LogP contribution in [0.5, 0.6) is 11.5 Å². The molecular weight excluding hydrogens is 393 g/mol. The molecule has 0 spiro atoms. The first-order valence-electron chi connectivity index (χ1n) is 6.88. The van der Waals surface area contributed by atoms with Gasteiger partial charge in [0.1, 0.15) is 0 Å². The summed E-state index contributed by atoms with van der Waals surface area (Å²) < 4.78 is 6.12. The maximum atomic E-state index is 12.1. The van der Waals surface area contributed by atoms with E-state index in [1.54, 1.807) is 6.07 Å². The lowest BCUT2D eigenvalue weighted by atomic mass is 10.0. The highest BCUT2D eigenvalue weighted by atomic mass is 127. The van der Waals surface area contributed by atoms with Gasteiger partial charge >= 0.3 is 0 Å². The molecule has 0 fully saturated rings. The first kappa shape index (κ1) is 14.9. The van der Waals surface area contributed by atoms with Gasteiger partial charge in [0, 0.05) is 16.8 Å². The lowest BCUT2D eigenvalue weighted by Gasteiger charge is -2.09. The predicted octanol–water partition coefficient (Wildman–Crippen LogP) is 3.89. The second-order valence-electron chi connectivity index (χ2n) is 4.84. The number of benzene rings is 2. The Morgan fingerprint density at radius 2 is 2.09 bits per heavy atom. The fourth-order valence-corrected chi connectivity index (χ4v) is 3.02. The van der Waals surface area contributed by atoms with Crippen molar-refractivity contribution in [1.29, 1.82) is 0 Å². The molecule has 0 radical (unpaired) electrons. The molecule has 0 unspecified atom stereocenters. The number of hydrogen-bond acceptors (Lipinski definition) is 3. The summed E-state index contributed by atoms with van der Waals surface area (Å²) in [5.74, 6) is 0.427. The van der Waals surface area contributed by atoms with Crippen LogP contribution in [0, 0.1) is 3.57 Å². The van der Waals surface area contributed by atoms with Gasteiger partial charge in [-0.2, -0.15) is 0 Å². The summed E-state index contributed by atoms with van der Waals surface area (Å²) in [6.45, 7) is 2.32. The van der Waals surface area contributed by atoms with Gasteiger partial charge in [-0.05, 0) is 59.4 Å². The van der Waals surface area contributed by atoms with Crippen molar-refractivity contribution in [2.45, 2.75) is 6.92 Å². The number of anilines is 1. The molecule has 5 heteroatoms. The molecule has 0 atom stereocenters. The summed E-state index contributed by atoms with van der Waals surface area (Å²) in [5.41, 5.74) is 3.12. The standard InChI is InChI=1S/C17H14INO3/c1-2-22-15-9-10(8-13(18)16(15)20)7-12-11-5-3-4-6-14(11)19-17(12)21/h3-9,20H,2H2,1H3,(H,19,21)/b12-7-. The Balaban J connectivity index is 2.07. The topological polar surface area (TPSA) is 58.6 Å². The number of halogens is 1. The van der Waals surface area contributed by atoms with Crippen LogP contribution in [0.4, 0.5) is 5.69 Å². The summed E-state index contributed by atoms with van der Waals surface area (Å²) in [4.78, 5) is 12.1. The highest BCUT2D eigenvalue weighted by Gasteiger charge is 2.23. The summed E-state index contributed by atoms with van der Waals surface area (Å²) in [5, 5.41) is 12.8. The van der Waals surface area contributed by atoms with Crippen LogP contribution in [0.3, 0.4) is 0 Å². The summed E-state index contributed by atoms with van der Waals surface area (Å²) >= 11 is 2.05. The first-order chi connectivity index (χ1) is 10.6. The molecule has 0 saturated carbocycles. The van der Waals surface area contributed by atoms with Crippen molar-refractivity contribution >= 4 is 45.8 Å². The maximum Gasteiger partial charge on any atom is 0.256 e. The third kappa shape index (κ3) is 2.68. The van der Waals surface area contributed by atoms with Crippen molar-refractivity contribution in [2.75, 3.05) is 11.9 Å². The average Bonchev–Trinajstić information content (AvgIpc) is 2.81. The van der Waals surface area contributed by atoms with Crippen molar-refractivity contribution in [2.24, 2.45) is 0 Å². The van der Waals surface area contributed by atoms with E-state index in [2.05, 4.69) is 5.32 Å². The summed E-state index contributed by atoms with van der Waals surface area (Å²) in [7, 11) is 0. The number of amides is 1. The molecule has 1 amide bonds. The summed E-state index contributed by atoms with van der Waals surface area (Å²) in [6.07, 6.45) is 1.81. The van der Waals surface area contributed by atoms with Crippen LogP contribution < -0.4 is 10.1 Å². The minimum Gasteiger partial charge on any atom is -0.504 e. The molecule has 112 valence electrons. The number of ether oxygens (including phenoxy) is 1. The van der Waals surface area contributed by atoms with Gasteiger partial charge in [0.25, 0.3) is 5.91 Å². The zero-order valence-electron chi connectivity index (χ0n) is 11.9. The molecule has 2 aromatic carbocycles. The van der Waals surface area contributed by atoms with E-state index >= 15 is 0 Å². The molecule has 4 nitrogen and oxygen atoms in total. The van der Waals surface area contributed by atoms with Crippen LogP contribution in [0.2, 0.25) is 0 Å². The maximum absolute atomic E-state index is 12.1. The van der Waals surface area contributed by atoms with Crippen molar-refractivity contribution in [1.82, 2.24) is 0 Å². The lowest BCUT2D eigenvalue weighted by molar-refractivity contribution is -0.110. The van der Waals surface area contributed by atoms with E-state index in [1.807, 2.05) is 65.9 Å². The Bertz CT molecular complexity index is 783. The van der Waals surface area contributed by atoms with Gasteiger partial charge in [0.2, 0.25) is 0 Å². The zero-order chi connectivity index (χ0) is 15.7. The second kappa shape index (κ2) is 6.00. The lowest BCUT2D eigenvalue weighted by Crippen LogP contribution is -2.03.